The first-order chi connectivity index (χ1) is 12.0. The van der Waals surface area contributed by atoms with E-state index in [4.69, 9.17) is 0 Å². The summed E-state index contributed by atoms with van der Waals surface area (Å²) in [4.78, 5) is 26.1. The van der Waals surface area contributed by atoms with E-state index in [0.717, 1.165) is 11.1 Å². The predicted molar refractivity (Wildman–Crippen MR) is 95.3 cm³/mol. The Hall–Kier alpha value is -3.02. The number of aromatic hydroxyl groups is 1. The maximum atomic E-state index is 12.2. The number of nitrogens with zero attached hydrogens (tertiary/aromatic N) is 1. The van der Waals surface area contributed by atoms with Gasteiger partial charge in [-0.05, 0) is 36.2 Å². The Bertz CT molecular complexity index is 777. The largest absolute Gasteiger partial charge is 0.508 e. The lowest BCUT2D eigenvalue weighted by Crippen LogP contribution is -2.39. The zero-order valence-corrected chi connectivity index (χ0v) is 14.0. The number of anilines is 1. The van der Waals surface area contributed by atoms with Crippen molar-refractivity contribution in [1.29, 1.82) is 0 Å². The molecule has 2 aromatic rings. The molecule has 3 amide bonds. The van der Waals surface area contributed by atoms with Crippen molar-refractivity contribution in [3.05, 3.63) is 59.7 Å². The van der Waals surface area contributed by atoms with Gasteiger partial charge in [-0.3, -0.25) is 4.79 Å². The summed E-state index contributed by atoms with van der Waals surface area (Å²) in [5.74, 6) is 0.191. The molecule has 2 aromatic carbocycles. The number of hydrogen-bond donors (Lipinski definition) is 3. The number of likely N-dealkylation sites (tertiary alicyclic amines) is 1. The Labute approximate surface area is 146 Å². The second-order valence-electron chi connectivity index (χ2n) is 6.26. The number of rotatable bonds is 4. The Morgan fingerprint density at radius 3 is 2.72 bits per heavy atom. The van der Waals surface area contributed by atoms with Gasteiger partial charge in [-0.15, -0.1) is 0 Å². The predicted octanol–water partition coefficient (Wildman–Crippen LogP) is 2.62. The number of phenols is 1. The molecule has 6 nitrogen and oxygen atoms in total. The molecule has 0 aliphatic carbocycles. The highest BCUT2D eigenvalue weighted by Crippen LogP contribution is 2.20. The van der Waals surface area contributed by atoms with Crippen LogP contribution in [0.1, 0.15) is 17.5 Å². The smallest absolute Gasteiger partial charge is 0.319 e. The number of hydrogen-bond acceptors (Lipinski definition) is 3. The fourth-order valence-electron chi connectivity index (χ4n) is 2.96. The number of carbonyl (C=O) groups excluding carboxylic acids is 2. The molecule has 1 fully saturated rings. The third-order valence-corrected chi connectivity index (χ3v) is 4.22. The molecule has 130 valence electrons. The van der Waals surface area contributed by atoms with E-state index in [2.05, 4.69) is 10.6 Å². The summed E-state index contributed by atoms with van der Waals surface area (Å²) in [6, 6.07) is 14.0. The molecule has 1 saturated heterocycles. The molecular weight excluding hydrogens is 318 g/mol. The van der Waals surface area contributed by atoms with Gasteiger partial charge < -0.3 is 20.6 Å². The third kappa shape index (κ3) is 4.29. The normalized spacial score (nSPS) is 16.8. The maximum absolute atomic E-state index is 12.2. The molecule has 6 heteroatoms. The molecule has 0 radical (unpaired) electrons. The van der Waals surface area contributed by atoms with Gasteiger partial charge in [-0.2, -0.15) is 0 Å². The van der Waals surface area contributed by atoms with Gasteiger partial charge in [0.1, 0.15) is 5.75 Å². The van der Waals surface area contributed by atoms with Crippen LogP contribution in [0.15, 0.2) is 48.5 Å². The third-order valence-electron chi connectivity index (χ3n) is 4.22. The van der Waals surface area contributed by atoms with Gasteiger partial charge in [0.15, 0.2) is 0 Å². The Balaban J connectivity index is 1.55. The quantitative estimate of drug-likeness (QED) is 0.749. The maximum Gasteiger partial charge on any atom is 0.319 e. The van der Waals surface area contributed by atoms with Gasteiger partial charge >= 0.3 is 6.03 Å². The number of amides is 3. The Morgan fingerprint density at radius 2 is 2.00 bits per heavy atom. The Morgan fingerprint density at radius 1 is 1.24 bits per heavy atom. The second-order valence-corrected chi connectivity index (χ2v) is 6.26. The van der Waals surface area contributed by atoms with Gasteiger partial charge in [0.2, 0.25) is 5.91 Å². The van der Waals surface area contributed by atoms with Gasteiger partial charge in [0, 0.05) is 25.2 Å². The van der Waals surface area contributed by atoms with E-state index in [1.54, 1.807) is 24.0 Å². The van der Waals surface area contributed by atoms with Crippen molar-refractivity contribution in [2.75, 3.05) is 11.9 Å². The molecule has 0 bridgehead atoms. The summed E-state index contributed by atoms with van der Waals surface area (Å²) >= 11 is 0. The number of benzene rings is 2. The van der Waals surface area contributed by atoms with Gasteiger partial charge in [-0.25, -0.2) is 4.79 Å². The first-order valence-corrected chi connectivity index (χ1v) is 8.20. The summed E-state index contributed by atoms with van der Waals surface area (Å²) < 4.78 is 0. The van der Waals surface area contributed by atoms with Gasteiger partial charge in [0.25, 0.3) is 0 Å². The van der Waals surface area contributed by atoms with Crippen LogP contribution < -0.4 is 10.6 Å². The highest BCUT2D eigenvalue weighted by molar-refractivity contribution is 5.91. The molecular formula is C19H21N3O3. The Kier molecular flexibility index (Phi) is 4.88. The number of phenolic OH excluding ortho intramolecular Hbond substituents is 1. The van der Waals surface area contributed by atoms with Crippen LogP contribution in [0, 0.1) is 6.92 Å². The SMILES string of the molecule is Cc1cc(O)ccc1NC(=O)NC1CC(=O)N(Cc2ccccc2)C1. The average molecular weight is 339 g/mol. The number of nitrogens with one attached hydrogen (secondary N) is 2. The summed E-state index contributed by atoms with van der Waals surface area (Å²) in [6.45, 7) is 2.85. The van der Waals surface area contributed by atoms with Crippen molar-refractivity contribution >= 4 is 17.6 Å². The van der Waals surface area contributed by atoms with Crippen LogP contribution in [-0.2, 0) is 11.3 Å². The minimum Gasteiger partial charge on any atom is -0.508 e. The van der Waals surface area contributed by atoms with Crippen LogP contribution in [0.2, 0.25) is 0 Å². The highest BCUT2D eigenvalue weighted by Gasteiger charge is 2.30. The lowest BCUT2D eigenvalue weighted by atomic mass is 10.2. The summed E-state index contributed by atoms with van der Waals surface area (Å²) in [5, 5.41) is 15.0. The fraction of sp³-hybridized carbons (Fsp3) is 0.263. The monoisotopic (exact) mass is 339 g/mol. The summed E-state index contributed by atoms with van der Waals surface area (Å²) in [5.41, 5.74) is 2.46. The lowest BCUT2D eigenvalue weighted by molar-refractivity contribution is -0.128. The zero-order valence-electron chi connectivity index (χ0n) is 14.0. The summed E-state index contributed by atoms with van der Waals surface area (Å²) in [7, 11) is 0. The van der Waals surface area contributed by atoms with Crippen LogP contribution in [0.5, 0.6) is 5.75 Å². The lowest BCUT2D eigenvalue weighted by Gasteiger charge is -2.17. The molecule has 3 rings (SSSR count). The fourth-order valence-corrected chi connectivity index (χ4v) is 2.96. The highest BCUT2D eigenvalue weighted by atomic mass is 16.3. The van der Waals surface area contributed by atoms with Crippen LogP contribution in [0.4, 0.5) is 10.5 Å². The first kappa shape index (κ1) is 16.8. The minimum atomic E-state index is -0.354. The van der Waals surface area contributed by atoms with E-state index in [1.807, 2.05) is 30.3 Å². The zero-order chi connectivity index (χ0) is 17.8. The van der Waals surface area contributed by atoms with Crippen molar-refractivity contribution in [3.8, 4) is 5.75 Å². The average Bonchev–Trinajstić information content (AvgIpc) is 2.90. The van der Waals surface area contributed by atoms with Crippen LogP contribution in [-0.4, -0.2) is 34.5 Å². The van der Waals surface area contributed by atoms with E-state index in [9.17, 15) is 14.7 Å². The molecule has 1 aliphatic rings. The van der Waals surface area contributed by atoms with E-state index in [1.165, 1.54) is 6.07 Å². The standard InChI is InChI=1S/C19H21N3O3/c1-13-9-16(23)7-8-17(13)21-19(25)20-15-10-18(24)22(12-15)11-14-5-3-2-4-6-14/h2-9,15,23H,10-12H2,1H3,(H2,20,21,25). The number of carbonyl (C=O) groups is 2. The van der Waals surface area contributed by atoms with Gasteiger partial charge in [0.05, 0.1) is 6.04 Å². The molecule has 1 aliphatic heterocycles. The number of aryl methyl sites for hydroxylation is 1. The van der Waals surface area contributed by atoms with Crippen molar-refractivity contribution < 1.29 is 14.7 Å². The molecule has 1 unspecified atom stereocenters. The molecule has 0 aromatic heterocycles. The van der Waals surface area contributed by atoms with Crippen LogP contribution in [0.3, 0.4) is 0 Å². The molecule has 25 heavy (non-hydrogen) atoms. The minimum absolute atomic E-state index is 0.0370. The molecule has 1 heterocycles. The van der Waals surface area contributed by atoms with E-state index >= 15 is 0 Å². The topological polar surface area (TPSA) is 81.7 Å². The van der Waals surface area contributed by atoms with E-state index in [0.29, 0.717) is 25.2 Å². The first-order valence-electron chi connectivity index (χ1n) is 8.20. The summed E-state index contributed by atoms with van der Waals surface area (Å²) in [6.07, 6.45) is 0.300. The van der Waals surface area contributed by atoms with Crippen molar-refractivity contribution in [1.82, 2.24) is 10.2 Å². The van der Waals surface area contributed by atoms with E-state index in [-0.39, 0.29) is 23.7 Å². The van der Waals surface area contributed by atoms with E-state index < -0.39 is 0 Å². The molecule has 0 saturated carbocycles. The molecule has 3 N–H and O–H groups in total. The van der Waals surface area contributed by atoms with Crippen LogP contribution in [0.25, 0.3) is 0 Å². The molecule has 1 atom stereocenters. The molecule has 0 spiro atoms. The van der Waals surface area contributed by atoms with Crippen molar-refractivity contribution in [2.24, 2.45) is 0 Å². The van der Waals surface area contributed by atoms with Crippen molar-refractivity contribution in [2.45, 2.75) is 25.9 Å². The second kappa shape index (κ2) is 7.25. The number of urea groups is 1. The van der Waals surface area contributed by atoms with Crippen LogP contribution >= 0.6 is 0 Å². The van der Waals surface area contributed by atoms with Gasteiger partial charge in [-0.1, -0.05) is 30.3 Å². The van der Waals surface area contributed by atoms with Crippen molar-refractivity contribution in [3.63, 3.8) is 0 Å².